The topological polar surface area (TPSA) is 59.0 Å². The van der Waals surface area contributed by atoms with E-state index in [1.807, 2.05) is 34.6 Å². The van der Waals surface area contributed by atoms with Crippen LogP contribution in [0.3, 0.4) is 0 Å². The van der Waals surface area contributed by atoms with Crippen LogP contribution in [0.4, 0.5) is 4.79 Å². The molecule has 5 heteroatoms. The van der Waals surface area contributed by atoms with Crippen LogP contribution in [-0.2, 0) is 9.47 Å². The summed E-state index contributed by atoms with van der Waals surface area (Å²) in [4.78, 5) is 14.0. The highest BCUT2D eigenvalue weighted by Crippen LogP contribution is 2.36. The van der Waals surface area contributed by atoms with Gasteiger partial charge in [-0.15, -0.1) is 6.58 Å². The molecule has 0 unspecified atom stereocenters. The molecular formula is C16H29NO4. The molecule has 122 valence electrons. The molecule has 0 aliphatic carbocycles. The van der Waals surface area contributed by atoms with Gasteiger partial charge >= 0.3 is 6.09 Å². The van der Waals surface area contributed by atoms with Gasteiger partial charge in [-0.3, -0.25) is 4.90 Å². The summed E-state index contributed by atoms with van der Waals surface area (Å²) in [6, 6.07) is -0.470. The summed E-state index contributed by atoms with van der Waals surface area (Å²) < 4.78 is 11.1. The number of rotatable bonds is 3. The maximum atomic E-state index is 12.5. The zero-order valence-electron chi connectivity index (χ0n) is 14.3. The zero-order valence-corrected chi connectivity index (χ0v) is 14.3. The molecule has 0 aromatic carbocycles. The Balaban J connectivity index is 3.05. The summed E-state index contributed by atoms with van der Waals surface area (Å²) in [5.41, 5.74) is -1.95. The van der Waals surface area contributed by atoms with Crippen molar-refractivity contribution in [1.82, 2.24) is 4.90 Å². The fourth-order valence-corrected chi connectivity index (χ4v) is 2.35. The van der Waals surface area contributed by atoms with Gasteiger partial charge in [0, 0.05) is 5.41 Å². The van der Waals surface area contributed by atoms with Crippen LogP contribution < -0.4 is 0 Å². The Hall–Kier alpha value is -1.07. The van der Waals surface area contributed by atoms with Crippen molar-refractivity contribution in [1.29, 1.82) is 0 Å². The second-order valence-corrected chi connectivity index (χ2v) is 7.65. The molecule has 1 heterocycles. The zero-order chi connectivity index (χ0) is 16.6. The van der Waals surface area contributed by atoms with E-state index < -0.39 is 35.0 Å². The monoisotopic (exact) mass is 299 g/mol. The van der Waals surface area contributed by atoms with Gasteiger partial charge in [-0.05, 0) is 34.6 Å². The van der Waals surface area contributed by atoms with Crippen molar-refractivity contribution in [2.75, 3.05) is 6.61 Å². The molecule has 0 spiro atoms. The predicted octanol–water partition coefficient (Wildman–Crippen LogP) is 2.93. The molecule has 21 heavy (non-hydrogen) atoms. The molecule has 0 aromatic rings. The molecule has 1 N–H and O–H groups in total. The van der Waals surface area contributed by atoms with Crippen LogP contribution in [-0.4, -0.2) is 46.2 Å². The first-order valence-corrected chi connectivity index (χ1v) is 7.30. The van der Waals surface area contributed by atoms with E-state index in [1.165, 1.54) is 4.90 Å². The van der Waals surface area contributed by atoms with Gasteiger partial charge in [0.15, 0.2) is 0 Å². The number of amides is 1. The third-order valence-electron chi connectivity index (χ3n) is 3.76. The van der Waals surface area contributed by atoms with Gasteiger partial charge in [0.1, 0.15) is 11.3 Å². The third-order valence-corrected chi connectivity index (χ3v) is 3.76. The normalized spacial score (nSPS) is 23.8. The highest BCUT2D eigenvalue weighted by atomic mass is 16.6. The van der Waals surface area contributed by atoms with E-state index in [4.69, 9.17) is 9.47 Å². The van der Waals surface area contributed by atoms with E-state index in [0.29, 0.717) is 0 Å². The van der Waals surface area contributed by atoms with Crippen LogP contribution in [0.1, 0.15) is 48.5 Å². The summed E-state index contributed by atoms with van der Waals surface area (Å²) in [5, 5.41) is 10.6. The fourth-order valence-electron chi connectivity index (χ4n) is 2.35. The maximum absolute atomic E-state index is 12.5. The molecule has 0 saturated carbocycles. The minimum absolute atomic E-state index is 0.269. The van der Waals surface area contributed by atoms with E-state index >= 15 is 0 Å². The molecule has 1 aliphatic heterocycles. The average molecular weight is 299 g/mol. The van der Waals surface area contributed by atoms with Crippen molar-refractivity contribution in [3.05, 3.63) is 12.7 Å². The fraction of sp³-hybridized carbons (Fsp3) is 0.812. The first kappa shape index (κ1) is 18.0. The van der Waals surface area contributed by atoms with Gasteiger partial charge in [-0.2, -0.15) is 0 Å². The summed E-state index contributed by atoms with van der Waals surface area (Å²) >= 11 is 0. The van der Waals surface area contributed by atoms with Crippen molar-refractivity contribution in [3.63, 3.8) is 0 Å². The summed E-state index contributed by atoms with van der Waals surface area (Å²) in [6.45, 7) is 16.8. The molecule has 1 saturated heterocycles. The Bertz CT molecular complexity index is 409. The lowest BCUT2D eigenvalue weighted by Gasteiger charge is -2.39. The van der Waals surface area contributed by atoms with Crippen LogP contribution in [0, 0.1) is 5.41 Å². The number of ether oxygens (including phenoxy) is 2. The quantitative estimate of drug-likeness (QED) is 0.814. The molecular weight excluding hydrogens is 270 g/mol. The number of nitrogens with zero attached hydrogens (tertiary/aromatic N) is 1. The maximum Gasteiger partial charge on any atom is 0.412 e. The first-order valence-electron chi connectivity index (χ1n) is 7.30. The Morgan fingerprint density at radius 3 is 2.38 bits per heavy atom. The molecule has 2 atom stereocenters. The van der Waals surface area contributed by atoms with Crippen LogP contribution >= 0.6 is 0 Å². The van der Waals surface area contributed by atoms with Crippen molar-refractivity contribution < 1.29 is 19.4 Å². The van der Waals surface area contributed by atoms with E-state index in [2.05, 4.69) is 6.58 Å². The molecule has 5 nitrogen and oxygen atoms in total. The van der Waals surface area contributed by atoms with Gasteiger partial charge < -0.3 is 14.6 Å². The second kappa shape index (κ2) is 5.61. The van der Waals surface area contributed by atoms with Crippen molar-refractivity contribution >= 4 is 6.09 Å². The lowest BCUT2D eigenvalue weighted by Crippen LogP contribution is -2.55. The van der Waals surface area contributed by atoms with Crippen LogP contribution in [0.2, 0.25) is 0 Å². The largest absolute Gasteiger partial charge is 0.444 e. The third kappa shape index (κ3) is 3.98. The second-order valence-electron chi connectivity index (χ2n) is 7.65. The van der Waals surface area contributed by atoms with Gasteiger partial charge in [0.2, 0.25) is 0 Å². The predicted molar refractivity (Wildman–Crippen MR) is 81.9 cm³/mol. The lowest BCUT2D eigenvalue weighted by molar-refractivity contribution is -0.0725. The van der Waals surface area contributed by atoms with Crippen LogP contribution in [0.15, 0.2) is 12.7 Å². The SMILES string of the molecule is C=CC(C)(C)[C@@H](O)[C@@H]1COC(C)(C)N1C(=O)OC(C)(C)C. The average Bonchev–Trinajstić information content (AvgIpc) is 2.61. The van der Waals surface area contributed by atoms with E-state index in [9.17, 15) is 9.90 Å². The highest BCUT2D eigenvalue weighted by Gasteiger charge is 2.50. The number of hydrogen-bond acceptors (Lipinski definition) is 4. The highest BCUT2D eigenvalue weighted by molar-refractivity contribution is 5.70. The number of aliphatic hydroxyl groups is 1. The summed E-state index contributed by atoms with van der Waals surface area (Å²) in [6.07, 6.45) is 0.425. The summed E-state index contributed by atoms with van der Waals surface area (Å²) in [7, 11) is 0. The molecule has 1 aliphatic rings. The van der Waals surface area contributed by atoms with Gasteiger partial charge in [-0.25, -0.2) is 4.79 Å². The van der Waals surface area contributed by atoms with Crippen LogP contribution in [0.25, 0.3) is 0 Å². The van der Waals surface area contributed by atoms with Crippen LogP contribution in [0.5, 0.6) is 0 Å². The number of carbonyl (C=O) groups is 1. The minimum Gasteiger partial charge on any atom is -0.444 e. The lowest BCUT2D eigenvalue weighted by atomic mass is 9.82. The Morgan fingerprint density at radius 1 is 1.43 bits per heavy atom. The van der Waals surface area contributed by atoms with Gasteiger partial charge in [0.05, 0.1) is 18.8 Å². The minimum atomic E-state index is -0.814. The van der Waals surface area contributed by atoms with E-state index in [-0.39, 0.29) is 6.61 Å². The van der Waals surface area contributed by atoms with Gasteiger partial charge in [-0.1, -0.05) is 19.9 Å². The van der Waals surface area contributed by atoms with Gasteiger partial charge in [0.25, 0.3) is 0 Å². The van der Waals surface area contributed by atoms with E-state index in [0.717, 1.165) is 0 Å². The molecule has 1 amide bonds. The number of hydrogen-bond donors (Lipinski definition) is 1. The molecule has 1 rings (SSSR count). The first-order chi connectivity index (χ1) is 9.32. The smallest absolute Gasteiger partial charge is 0.412 e. The Kier molecular flexibility index (Phi) is 4.81. The standard InChI is InChI=1S/C16H29NO4/c1-9-15(5,6)12(18)11-10-20-16(7,8)17(11)13(19)21-14(2,3)4/h9,11-12,18H,1,10H2,2-8H3/t11-,12-/m0/s1. The molecule has 0 radical (unpaired) electrons. The molecule has 1 fully saturated rings. The van der Waals surface area contributed by atoms with Crippen molar-refractivity contribution in [2.24, 2.45) is 5.41 Å². The number of carbonyl (C=O) groups excluding carboxylic acids is 1. The molecule has 0 aromatic heterocycles. The number of aliphatic hydroxyl groups excluding tert-OH is 1. The Labute approximate surface area is 127 Å². The van der Waals surface area contributed by atoms with E-state index in [1.54, 1.807) is 19.9 Å². The van der Waals surface area contributed by atoms with Crippen molar-refractivity contribution in [3.8, 4) is 0 Å². The Morgan fingerprint density at radius 2 is 1.95 bits per heavy atom. The summed E-state index contributed by atoms with van der Waals surface area (Å²) in [5.74, 6) is 0. The molecule has 0 bridgehead atoms. The van der Waals surface area contributed by atoms with Crippen molar-refractivity contribution in [2.45, 2.75) is 71.9 Å².